The zero-order valence-electron chi connectivity index (χ0n) is 10.9. The molecule has 0 radical (unpaired) electrons. The van der Waals surface area contributed by atoms with Gasteiger partial charge in [-0.15, -0.1) is 0 Å². The number of hydrogen-bond acceptors (Lipinski definition) is 3. The van der Waals surface area contributed by atoms with Gasteiger partial charge >= 0.3 is 0 Å². The van der Waals surface area contributed by atoms with E-state index >= 15 is 0 Å². The van der Waals surface area contributed by atoms with Gasteiger partial charge in [-0.25, -0.2) is 0 Å². The van der Waals surface area contributed by atoms with Crippen LogP contribution >= 0.6 is 11.6 Å². The minimum atomic E-state index is 0.651. The minimum absolute atomic E-state index is 0.651. The highest BCUT2D eigenvalue weighted by molar-refractivity contribution is 6.36. The predicted octanol–water partition coefficient (Wildman–Crippen LogP) is 4.72. The lowest BCUT2D eigenvalue weighted by Crippen LogP contribution is -1.94. The van der Waals surface area contributed by atoms with Gasteiger partial charge in [-0.2, -0.15) is 0 Å². The molecule has 0 fully saturated rings. The molecule has 3 rings (SSSR count). The molecule has 0 saturated carbocycles. The van der Waals surface area contributed by atoms with Gasteiger partial charge in [0.25, 0.3) is 0 Å². The molecule has 2 aromatic carbocycles. The second-order valence-corrected chi connectivity index (χ2v) is 4.70. The third kappa shape index (κ3) is 2.28. The highest BCUT2D eigenvalue weighted by Gasteiger charge is 2.11. The Labute approximate surface area is 122 Å². The van der Waals surface area contributed by atoms with Gasteiger partial charge in [0.1, 0.15) is 11.3 Å². The lowest BCUT2D eigenvalue weighted by Gasteiger charge is -2.12. The van der Waals surface area contributed by atoms with Gasteiger partial charge in [0, 0.05) is 24.3 Å². The number of halogens is 1. The Kier molecular flexibility index (Phi) is 3.44. The van der Waals surface area contributed by atoms with Crippen LogP contribution in [-0.4, -0.2) is 12.0 Å². The molecule has 0 saturated heterocycles. The number of anilines is 1. The molecular weight excluding hydrogens is 272 g/mol. The summed E-state index contributed by atoms with van der Waals surface area (Å²) in [5.74, 6) is 1.46. The van der Waals surface area contributed by atoms with Crippen molar-refractivity contribution in [2.75, 3.05) is 12.4 Å². The summed E-state index contributed by atoms with van der Waals surface area (Å²) < 4.78 is 5.90. The maximum atomic E-state index is 6.28. The van der Waals surface area contributed by atoms with E-state index in [9.17, 15) is 0 Å². The summed E-state index contributed by atoms with van der Waals surface area (Å²) in [5.41, 5.74) is 1.67. The summed E-state index contributed by atoms with van der Waals surface area (Å²) in [6, 6.07) is 15.2. The van der Waals surface area contributed by atoms with Crippen LogP contribution in [-0.2, 0) is 0 Å². The molecule has 4 heteroatoms. The fraction of sp³-hybridized carbons (Fsp3) is 0.0625. The molecule has 0 amide bonds. The molecule has 1 heterocycles. The van der Waals surface area contributed by atoms with Crippen molar-refractivity contribution in [3.63, 3.8) is 0 Å². The number of nitrogens with zero attached hydrogens (tertiary/aromatic N) is 1. The number of para-hydroxylation sites is 1. The Balaban J connectivity index is 2.15. The lowest BCUT2D eigenvalue weighted by molar-refractivity contribution is 0.487. The molecule has 0 unspecified atom stereocenters. The first-order chi connectivity index (χ1) is 9.79. The summed E-state index contributed by atoms with van der Waals surface area (Å²) in [7, 11) is 1.86. The summed E-state index contributed by atoms with van der Waals surface area (Å²) >= 11 is 6.28. The number of fused-ring (bicyclic) bond motifs is 1. The van der Waals surface area contributed by atoms with Crippen molar-refractivity contribution < 1.29 is 4.74 Å². The number of ether oxygens (including phenoxy) is 1. The van der Waals surface area contributed by atoms with Crippen LogP contribution in [0.15, 0.2) is 54.7 Å². The molecule has 100 valence electrons. The van der Waals surface area contributed by atoms with Crippen LogP contribution in [0.25, 0.3) is 10.9 Å². The van der Waals surface area contributed by atoms with Gasteiger partial charge in [0.15, 0.2) is 5.75 Å². The number of nitrogens with one attached hydrogen (secondary N) is 1. The molecule has 0 atom stereocenters. The molecular formula is C16H13ClN2O. The van der Waals surface area contributed by atoms with Gasteiger partial charge in [-0.1, -0.05) is 29.8 Å². The van der Waals surface area contributed by atoms with Crippen molar-refractivity contribution in [2.24, 2.45) is 0 Å². The number of benzene rings is 2. The van der Waals surface area contributed by atoms with Crippen LogP contribution in [0.3, 0.4) is 0 Å². The SMILES string of the molecule is CNc1ccnc2c(Oc3ccccc3)ccc(Cl)c12. The lowest BCUT2D eigenvalue weighted by atomic mass is 10.1. The summed E-state index contributed by atoms with van der Waals surface area (Å²) in [5, 5.41) is 4.64. The predicted molar refractivity (Wildman–Crippen MR) is 82.8 cm³/mol. The largest absolute Gasteiger partial charge is 0.455 e. The van der Waals surface area contributed by atoms with Gasteiger partial charge < -0.3 is 10.1 Å². The van der Waals surface area contributed by atoms with Crippen molar-refractivity contribution in [3.05, 3.63) is 59.8 Å². The second-order valence-electron chi connectivity index (χ2n) is 4.29. The van der Waals surface area contributed by atoms with Crippen molar-refractivity contribution >= 4 is 28.2 Å². The highest BCUT2D eigenvalue weighted by Crippen LogP contribution is 2.36. The smallest absolute Gasteiger partial charge is 0.153 e. The highest BCUT2D eigenvalue weighted by atomic mass is 35.5. The van der Waals surface area contributed by atoms with Crippen molar-refractivity contribution in [3.8, 4) is 11.5 Å². The standard InChI is InChI=1S/C16H13ClN2O/c1-18-13-9-10-19-16-14(8-7-12(17)15(13)16)20-11-5-3-2-4-6-11/h2-10H,1H3,(H,18,19). The Morgan fingerprint density at radius 2 is 1.85 bits per heavy atom. The van der Waals surface area contributed by atoms with Gasteiger partial charge in [-0.3, -0.25) is 4.98 Å². The first-order valence-corrected chi connectivity index (χ1v) is 6.65. The number of rotatable bonds is 3. The van der Waals surface area contributed by atoms with E-state index in [0.29, 0.717) is 10.8 Å². The van der Waals surface area contributed by atoms with Crippen LogP contribution in [0.1, 0.15) is 0 Å². The van der Waals surface area contributed by atoms with Crippen LogP contribution in [0.5, 0.6) is 11.5 Å². The number of hydrogen-bond donors (Lipinski definition) is 1. The zero-order valence-corrected chi connectivity index (χ0v) is 11.7. The Morgan fingerprint density at radius 1 is 1.05 bits per heavy atom. The van der Waals surface area contributed by atoms with E-state index in [1.807, 2.05) is 55.6 Å². The van der Waals surface area contributed by atoms with Crippen molar-refractivity contribution in [1.82, 2.24) is 4.98 Å². The molecule has 0 spiro atoms. The molecule has 20 heavy (non-hydrogen) atoms. The fourth-order valence-electron chi connectivity index (χ4n) is 2.11. The van der Waals surface area contributed by atoms with Gasteiger partial charge in [-0.05, 0) is 30.3 Å². The van der Waals surface area contributed by atoms with E-state index in [2.05, 4.69) is 10.3 Å². The molecule has 0 aliphatic heterocycles. The second kappa shape index (κ2) is 5.39. The third-order valence-corrected chi connectivity index (χ3v) is 3.36. The maximum Gasteiger partial charge on any atom is 0.153 e. The van der Waals surface area contributed by atoms with E-state index in [1.54, 1.807) is 6.20 Å². The van der Waals surface area contributed by atoms with Crippen LogP contribution in [0, 0.1) is 0 Å². The molecule has 1 N–H and O–H groups in total. The van der Waals surface area contributed by atoms with E-state index < -0.39 is 0 Å². The average Bonchev–Trinajstić information content (AvgIpc) is 2.50. The van der Waals surface area contributed by atoms with E-state index in [4.69, 9.17) is 16.3 Å². The third-order valence-electron chi connectivity index (χ3n) is 3.04. The normalized spacial score (nSPS) is 10.5. The van der Waals surface area contributed by atoms with Crippen molar-refractivity contribution in [2.45, 2.75) is 0 Å². The zero-order chi connectivity index (χ0) is 13.9. The van der Waals surface area contributed by atoms with Crippen molar-refractivity contribution in [1.29, 1.82) is 0 Å². The molecule has 0 bridgehead atoms. The average molecular weight is 285 g/mol. The van der Waals surface area contributed by atoms with Crippen LogP contribution in [0.4, 0.5) is 5.69 Å². The fourth-order valence-corrected chi connectivity index (χ4v) is 2.36. The van der Waals surface area contributed by atoms with E-state index in [0.717, 1.165) is 22.3 Å². The first-order valence-electron chi connectivity index (χ1n) is 6.27. The molecule has 0 aliphatic rings. The molecule has 0 aliphatic carbocycles. The molecule has 3 aromatic rings. The van der Waals surface area contributed by atoms with E-state index in [1.165, 1.54) is 0 Å². The number of aromatic nitrogens is 1. The first kappa shape index (κ1) is 12.8. The quantitative estimate of drug-likeness (QED) is 0.755. The van der Waals surface area contributed by atoms with Crippen LogP contribution < -0.4 is 10.1 Å². The topological polar surface area (TPSA) is 34.2 Å². The summed E-state index contributed by atoms with van der Waals surface area (Å²) in [4.78, 5) is 4.40. The monoisotopic (exact) mass is 284 g/mol. The number of pyridine rings is 1. The summed E-state index contributed by atoms with van der Waals surface area (Å²) in [6.07, 6.45) is 1.74. The van der Waals surface area contributed by atoms with Crippen LogP contribution in [0.2, 0.25) is 5.02 Å². The van der Waals surface area contributed by atoms with E-state index in [-0.39, 0.29) is 0 Å². The molecule has 1 aromatic heterocycles. The minimum Gasteiger partial charge on any atom is -0.455 e. The maximum absolute atomic E-state index is 6.28. The summed E-state index contributed by atoms with van der Waals surface area (Å²) in [6.45, 7) is 0. The Bertz CT molecular complexity index is 744. The molecule has 3 nitrogen and oxygen atoms in total. The Hall–Kier alpha value is -2.26. The van der Waals surface area contributed by atoms with Gasteiger partial charge in [0.2, 0.25) is 0 Å². The Morgan fingerprint density at radius 3 is 2.60 bits per heavy atom. The van der Waals surface area contributed by atoms with Gasteiger partial charge in [0.05, 0.1) is 5.02 Å².